The minimum absolute atomic E-state index is 0.178. The first-order valence-corrected chi connectivity index (χ1v) is 9.61. The summed E-state index contributed by atoms with van der Waals surface area (Å²) in [5, 5.41) is 0.462. The fourth-order valence-electron chi connectivity index (χ4n) is 2.37. The quantitative estimate of drug-likeness (QED) is 0.737. The number of rotatable bonds is 7. The molecule has 0 aliphatic carbocycles. The van der Waals surface area contributed by atoms with Gasteiger partial charge < -0.3 is 9.64 Å². The van der Waals surface area contributed by atoms with Crippen LogP contribution >= 0.6 is 11.6 Å². The monoisotopic (exact) mass is 422 g/mol. The highest BCUT2D eigenvalue weighted by molar-refractivity contribution is 7.89. The lowest BCUT2D eigenvalue weighted by Crippen LogP contribution is -2.35. The molecule has 0 saturated heterocycles. The van der Waals surface area contributed by atoms with Gasteiger partial charge in [-0.25, -0.2) is 13.1 Å². The van der Waals surface area contributed by atoms with Crippen molar-refractivity contribution >= 4 is 21.6 Å². The van der Waals surface area contributed by atoms with Crippen molar-refractivity contribution in [3.05, 3.63) is 59.1 Å². The van der Waals surface area contributed by atoms with E-state index in [-0.39, 0.29) is 4.90 Å². The van der Waals surface area contributed by atoms with Crippen molar-refractivity contribution < 1.29 is 26.3 Å². The van der Waals surface area contributed by atoms with Crippen LogP contribution in [0.2, 0.25) is 5.02 Å². The maximum atomic E-state index is 12.7. The van der Waals surface area contributed by atoms with E-state index in [0.717, 1.165) is 24.3 Å². The summed E-state index contributed by atoms with van der Waals surface area (Å²) in [5.74, 6) is -0.499. The third kappa shape index (κ3) is 6.69. The van der Waals surface area contributed by atoms with Crippen LogP contribution in [0.4, 0.5) is 13.2 Å². The summed E-state index contributed by atoms with van der Waals surface area (Å²) in [7, 11) is -0.409. The molecule has 0 radical (unpaired) electrons. The van der Waals surface area contributed by atoms with Crippen molar-refractivity contribution in [1.29, 1.82) is 0 Å². The van der Waals surface area contributed by atoms with Gasteiger partial charge in [-0.2, -0.15) is 0 Å². The van der Waals surface area contributed by atoms with Crippen molar-refractivity contribution in [1.82, 2.24) is 9.62 Å². The highest BCUT2D eigenvalue weighted by Gasteiger charge is 2.31. The van der Waals surface area contributed by atoms with Crippen LogP contribution in [0.1, 0.15) is 11.6 Å². The van der Waals surface area contributed by atoms with Crippen LogP contribution in [0, 0.1) is 0 Å². The normalized spacial score (nSPS) is 13.6. The van der Waals surface area contributed by atoms with Gasteiger partial charge in [0.25, 0.3) is 0 Å². The largest absolute Gasteiger partial charge is 0.573 e. The first-order valence-electron chi connectivity index (χ1n) is 7.74. The number of halogens is 4. The van der Waals surface area contributed by atoms with Crippen LogP contribution in [0.5, 0.6) is 5.75 Å². The molecule has 0 fully saturated rings. The highest BCUT2D eigenvalue weighted by Crippen LogP contribution is 2.25. The summed E-state index contributed by atoms with van der Waals surface area (Å²) in [5.41, 5.74) is 0.664. The van der Waals surface area contributed by atoms with Gasteiger partial charge in [0.05, 0.1) is 10.9 Å². The zero-order chi connectivity index (χ0) is 20.2. The average molecular weight is 423 g/mol. The standard InChI is InChI=1S/C17H18ClF3N2O3S/c1-23(2)11-16(12-4-3-5-13(18)10-12)22-27(24,25)15-8-6-14(7-9-15)26-17(19,20)21/h3-10,16,22H,11H2,1-2H3. The van der Waals surface area contributed by atoms with Crippen molar-refractivity contribution in [2.75, 3.05) is 20.6 Å². The molecule has 0 heterocycles. The van der Waals surface area contributed by atoms with Gasteiger partial charge in [-0.05, 0) is 56.1 Å². The van der Waals surface area contributed by atoms with Crippen molar-refractivity contribution in [3.8, 4) is 5.75 Å². The molecule has 2 aromatic rings. The third-order valence-electron chi connectivity index (χ3n) is 3.46. The van der Waals surface area contributed by atoms with E-state index >= 15 is 0 Å². The van der Waals surface area contributed by atoms with Gasteiger partial charge in [-0.1, -0.05) is 23.7 Å². The molecule has 10 heteroatoms. The molecule has 5 nitrogen and oxygen atoms in total. The van der Waals surface area contributed by atoms with E-state index in [2.05, 4.69) is 9.46 Å². The van der Waals surface area contributed by atoms with Gasteiger partial charge in [0.2, 0.25) is 10.0 Å². The molecule has 1 unspecified atom stereocenters. The maximum absolute atomic E-state index is 12.7. The summed E-state index contributed by atoms with van der Waals surface area (Å²) in [4.78, 5) is 1.62. The Hall–Kier alpha value is -1.81. The van der Waals surface area contributed by atoms with Crippen LogP contribution in [0.15, 0.2) is 53.4 Å². The van der Waals surface area contributed by atoms with E-state index in [1.165, 1.54) is 0 Å². The minimum atomic E-state index is -4.85. The fourth-order valence-corrected chi connectivity index (χ4v) is 3.79. The molecule has 0 bridgehead atoms. The lowest BCUT2D eigenvalue weighted by atomic mass is 10.1. The van der Waals surface area contributed by atoms with Crippen molar-refractivity contribution in [3.63, 3.8) is 0 Å². The Kier molecular flexibility index (Phi) is 6.74. The molecule has 148 valence electrons. The van der Waals surface area contributed by atoms with Crippen LogP contribution in [-0.4, -0.2) is 40.3 Å². The van der Waals surface area contributed by atoms with E-state index in [4.69, 9.17) is 11.6 Å². The Labute approximate surface area is 160 Å². The predicted octanol–water partition coefficient (Wildman–Crippen LogP) is 3.82. The van der Waals surface area contributed by atoms with Gasteiger partial charge in [0.15, 0.2) is 0 Å². The lowest BCUT2D eigenvalue weighted by molar-refractivity contribution is -0.274. The second-order valence-corrected chi connectivity index (χ2v) is 8.16. The SMILES string of the molecule is CN(C)CC(NS(=O)(=O)c1ccc(OC(F)(F)F)cc1)c1cccc(Cl)c1. The van der Waals surface area contributed by atoms with Gasteiger partial charge in [-0.3, -0.25) is 0 Å². The van der Waals surface area contributed by atoms with Crippen molar-refractivity contribution in [2.45, 2.75) is 17.3 Å². The topological polar surface area (TPSA) is 58.6 Å². The smallest absolute Gasteiger partial charge is 0.406 e. The molecular weight excluding hydrogens is 405 g/mol. The first-order chi connectivity index (χ1) is 12.5. The summed E-state index contributed by atoms with van der Waals surface area (Å²) in [6.07, 6.45) is -4.85. The highest BCUT2D eigenvalue weighted by atomic mass is 35.5. The molecule has 2 rings (SSSR count). The van der Waals surface area contributed by atoms with Crippen LogP contribution in [-0.2, 0) is 10.0 Å². The summed E-state index contributed by atoms with van der Waals surface area (Å²) in [6, 6.07) is 10.2. The molecule has 0 aliphatic rings. The van der Waals surface area contributed by atoms with Crippen LogP contribution in [0.3, 0.4) is 0 Å². The van der Waals surface area contributed by atoms with E-state index < -0.39 is 28.2 Å². The summed E-state index contributed by atoms with van der Waals surface area (Å²) >= 11 is 5.99. The molecule has 0 aliphatic heterocycles. The van der Waals surface area contributed by atoms with Gasteiger partial charge in [-0.15, -0.1) is 13.2 Å². The fraction of sp³-hybridized carbons (Fsp3) is 0.294. The Morgan fingerprint density at radius 1 is 1.15 bits per heavy atom. The van der Waals surface area contributed by atoms with Gasteiger partial charge in [0.1, 0.15) is 5.75 Å². The Balaban J connectivity index is 2.25. The molecule has 1 N–H and O–H groups in total. The predicted molar refractivity (Wildman–Crippen MR) is 96.2 cm³/mol. The molecule has 2 aromatic carbocycles. The molecule has 0 spiro atoms. The first kappa shape index (κ1) is 21.5. The van der Waals surface area contributed by atoms with E-state index in [1.54, 1.807) is 43.3 Å². The molecule has 1 atom stereocenters. The Morgan fingerprint density at radius 2 is 1.78 bits per heavy atom. The molecule has 0 saturated carbocycles. The zero-order valence-electron chi connectivity index (χ0n) is 14.5. The number of likely N-dealkylation sites (N-methyl/N-ethyl adjacent to an activating group) is 1. The maximum Gasteiger partial charge on any atom is 0.573 e. The van der Waals surface area contributed by atoms with E-state index in [9.17, 15) is 21.6 Å². The number of benzene rings is 2. The molecule has 0 amide bonds. The summed E-state index contributed by atoms with van der Waals surface area (Å²) in [6.45, 7) is 0.356. The third-order valence-corrected chi connectivity index (χ3v) is 5.19. The molecule has 0 aromatic heterocycles. The Morgan fingerprint density at radius 3 is 2.30 bits per heavy atom. The second kappa shape index (κ2) is 8.47. The number of alkyl halides is 3. The van der Waals surface area contributed by atoms with Crippen molar-refractivity contribution in [2.24, 2.45) is 0 Å². The number of ether oxygens (including phenoxy) is 1. The average Bonchev–Trinajstić information content (AvgIpc) is 2.52. The second-order valence-electron chi connectivity index (χ2n) is 6.01. The Bertz CT molecular complexity index is 872. The van der Waals surface area contributed by atoms with Gasteiger partial charge >= 0.3 is 6.36 Å². The number of sulfonamides is 1. The number of hydrogen-bond donors (Lipinski definition) is 1. The van der Waals surface area contributed by atoms with Gasteiger partial charge in [0, 0.05) is 11.6 Å². The number of hydrogen-bond acceptors (Lipinski definition) is 4. The zero-order valence-corrected chi connectivity index (χ0v) is 16.1. The summed E-state index contributed by atoms with van der Waals surface area (Å²) < 4.78 is 68.3. The molecular formula is C17H18ClF3N2O3S. The lowest BCUT2D eigenvalue weighted by Gasteiger charge is -2.23. The van der Waals surface area contributed by atoms with E-state index in [0.29, 0.717) is 17.1 Å². The minimum Gasteiger partial charge on any atom is -0.406 e. The van der Waals surface area contributed by atoms with Crippen LogP contribution < -0.4 is 9.46 Å². The van der Waals surface area contributed by atoms with E-state index in [1.807, 2.05) is 0 Å². The number of nitrogens with zero attached hydrogens (tertiary/aromatic N) is 1. The number of nitrogens with one attached hydrogen (secondary N) is 1. The molecule has 27 heavy (non-hydrogen) atoms. The van der Waals surface area contributed by atoms with Crippen LogP contribution in [0.25, 0.3) is 0 Å².